The van der Waals surface area contributed by atoms with Crippen molar-refractivity contribution in [3.63, 3.8) is 0 Å². The van der Waals surface area contributed by atoms with Gasteiger partial charge in [0, 0.05) is 12.1 Å². The molecule has 1 heterocycles. The monoisotopic (exact) mass is 515 g/mol. The van der Waals surface area contributed by atoms with E-state index in [1.807, 2.05) is 66.7 Å². The number of hydrogen-bond acceptors (Lipinski definition) is 7. The van der Waals surface area contributed by atoms with Crippen LogP contribution in [0, 0.1) is 0 Å². The molecule has 0 unspecified atom stereocenters. The summed E-state index contributed by atoms with van der Waals surface area (Å²) in [6.07, 6.45) is 2.16. The Balaban J connectivity index is 1.34. The summed E-state index contributed by atoms with van der Waals surface area (Å²) in [5, 5.41) is 21.7. The molecule has 0 bridgehead atoms. The standard InChI is InChI=1S/C32H25N3O4/c33-27-15-13-25(17-30(27)36)38-23-9-5-21(6-10-23)32(19-20-3-1-2-4-29(20)35-32)22-7-11-24(12-8-22)39-26-14-16-28(34)31(37)18-26/h1-19,36-37H,33-34H2. The Hall–Kier alpha value is -5.43. The highest BCUT2D eigenvalue weighted by atomic mass is 16.5. The molecule has 0 radical (unpaired) electrons. The maximum atomic E-state index is 9.89. The van der Waals surface area contributed by atoms with Gasteiger partial charge in [-0.05, 0) is 77.0 Å². The van der Waals surface area contributed by atoms with Gasteiger partial charge in [0.05, 0.1) is 16.7 Å². The van der Waals surface area contributed by atoms with Gasteiger partial charge in [-0.25, -0.2) is 0 Å². The molecule has 0 spiro atoms. The molecule has 1 aliphatic heterocycles. The van der Waals surface area contributed by atoms with Crippen LogP contribution in [0.4, 0.5) is 11.4 Å². The SMILES string of the molecule is Nc1ccc(Oc2ccc(C3(c4ccc(Oc5ccc(N)c(O)c5)cc4)C=c4ccccc4=N3)cc2)cc1O. The third-order valence-electron chi connectivity index (χ3n) is 6.66. The van der Waals surface area contributed by atoms with Crippen molar-refractivity contribution in [1.29, 1.82) is 0 Å². The predicted molar refractivity (Wildman–Crippen MR) is 151 cm³/mol. The summed E-state index contributed by atoms with van der Waals surface area (Å²) in [6.45, 7) is 0. The fourth-order valence-corrected chi connectivity index (χ4v) is 4.62. The molecule has 7 nitrogen and oxygen atoms in total. The van der Waals surface area contributed by atoms with E-state index in [-0.39, 0.29) is 11.5 Å². The number of anilines is 2. The Kier molecular flexibility index (Phi) is 5.81. The lowest BCUT2D eigenvalue weighted by Gasteiger charge is -2.26. The Morgan fingerprint density at radius 2 is 1.03 bits per heavy atom. The Morgan fingerprint density at radius 3 is 1.49 bits per heavy atom. The van der Waals surface area contributed by atoms with Gasteiger partial charge < -0.3 is 31.2 Å². The molecule has 1 aliphatic rings. The van der Waals surface area contributed by atoms with Crippen molar-refractivity contribution < 1.29 is 19.7 Å². The molecule has 0 saturated heterocycles. The molecule has 5 aromatic carbocycles. The van der Waals surface area contributed by atoms with Crippen LogP contribution in [0.2, 0.25) is 0 Å². The molecule has 6 rings (SSSR count). The first-order valence-electron chi connectivity index (χ1n) is 12.3. The molecule has 192 valence electrons. The summed E-state index contributed by atoms with van der Waals surface area (Å²) in [6, 6.07) is 33.1. The highest BCUT2D eigenvalue weighted by molar-refractivity contribution is 5.60. The fourth-order valence-electron chi connectivity index (χ4n) is 4.62. The number of phenols is 2. The smallest absolute Gasteiger partial charge is 0.142 e. The number of fused-ring (bicyclic) bond motifs is 1. The molecule has 6 N–H and O–H groups in total. The number of ether oxygens (including phenoxy) is 2. The molecular formula is C32H25N3O4. The molecule has 7 heteroatoms. The molecule has 5 aromatic rings. The second-order valence-electron chi connectivity index (χ2n) is 9.28. The minimum Gasteiger partial charge on any atom is -0.506 e. The largest absolute Gasteiger partial charge is 0.506 e. The van der Waals surface area contributed by atoms with Crippen molar-refractivity contribution in [3.8, 4) is 34.5 Å². The van der Waals surface area contributed by atoms with E-state index in [1.54, 1.807) is 24.3 Å². The number of rotatable bonds is 6. The first-order chi connectivity index (χ1) is 18.9. The Labute approximate surface area is 224 Å². The van der Waals surface area contributed by atoms with Gasteiger partial charge in [0.1, 0.15) is 40.0 Å². The van der Waals surface area contributed by atoms with Gasteiger partial charge in [-0.3, -0.25) is 4.99 Å². The lowest BCUT2D eigenvalue weighted by molar-refractivity contribution is 0.456. The molecule has 0 fully saturated rings. The zero-order valence-corrected chi connectivity index (χ0v) is 20.8. The van der Waals surface area contributed by atoms with Gasteiger partial charge in [0.25, 0.3) is 0 Å². The zero-order valence-electron chi connectivity index (χ0n) is 20.8. The van der Waals surface area contributed by atoms with Crippen LogP contribution in [0.3, 0.4) is 0 Å². The summed E-state index contributed by atoms with van der Waals surface area (Å²) in [5.74, 6) is 2.15. The lowest BCUT2D eigenvalue weighted by atomic mass is 9.83. The van der Waals surface area contributed by atoms with Crippen LogP contribution in [0.1, 0.15) is 11.1 Å². The van der Waals surface area contributed by atoms with Gasteiger partial charge >= 0.3 is 0 Å². The van der Waals surface area contributed by atoms with Gasteiger partial charge in [-0.1, -0.05) is 42.5 Å². The third kappa shape index (κ3) is 4.57. The summed E-state index contributed by atoms with van der Waals surface area (Å²) >= 11 is 0. The van der Waals surface area contributed by atoms with Crippen molar-refractivity contribution in [2.24, 2.45) is 4.99 Å². The van der Waals surface area contributed by atoms with Gasteiger partial charge in [0.15, 0.2) is 0 Å². The van der Waals surface area contributed by atoms with Gasteiger partial charge in [-0.15, -0.1) is 0 Å². The topological polar surface area (TPSA) is 123 Å². The van der Waals surface area contributed by atoms with Gasteiger partial charge in [-0.2, -0.15) is 0 Å². The minimum absolute atomic E-state index is 0.0270. The summed E-state index contributed by atoms with van der Waals surface area (Å²) in [5.41, 5.74) is 13.1. The zero-order chi connectivity index (χ0) is 27.0. The van der Waals surface area contributed by atoms with Crippen molar-refractivity contribution in [3.05, 3.63) is 131 Å². The van der Waals surface area contributed by atoms with E-state index in [0.717, 1.165) is 21.7 Å². The van der Waals surface area contributed by atoms with Crippen molar-refractivity contribution >= 4 is 17.5 Å². The van der Waals surface area contributed by atoms with E-state index in [0.29, 0.717) is 34.4 Å². The van der Waals surface area contributed by atoms with Crippen LogP contribution in [0.5, 0.6) is 34.5 Å². The Morgan fingerprint density at radius 1 is 0.564 bits per heavy atom. The number of benzene rings is 5. The van der Waals surface area contributed by atoms with Crippen LogP contribution < -0.4 is 31.5 Å². The highest BCUT2D eigenvalue weighted by Gasteiger charge is 2.34. The molecule has 0 atom stereocenters. The lowest BCUT2D eigenvalue weighted by Crippen LogP contribution is -2.21. The average molecular weight is 516 g/mol. The number of nitrogens with two attached hydrogens (primary N) is 2. The number of nitrogen functional groups attached to an aromatic ring is 2. The van der Waals surface area contributed by atoms with Crippen LogP contribution in [0.15, 0.2) is 114 Å². The number of hydrogen-bond donors (Lipinski definition) is 4. The van der Waals surface area contributed by atoms with Crippen LogP contribution in [0.25, 0.3) is 6.08 Å². The average Bonchev–Trinajstić information content (AvgIpc) is 3.34. The first-order valence-corrected chi connectivity index (χ1v) is 12.3. The second kappa shape index (κ2) is 9.46. The van der Waals surface area contributed by atoms with E-state index >= 15 is 0 Å². The summed E-state index contributed by atoms with van der Waals surface area (Å²) in [4.78, 5) is 5.16. The molecule has 0 aromatic heterocycles. The van der Waals surface area contributed by atoms with E-state index in [9.17, 15) is 10.2 Å². The van der Waals surface area contributed by atoms with E-state index in [1.165, 1.54) is 12.1 Å². The quantitative estimate of drug-likeness (QED) is 0.182. The van der Waals surface area contributed by atoms with Crippen molar-refractivity contribution in [1.82, 2.24) is 0 Å². The number of nitrogens with zero attached hydrogens (tertiary/aromatic N) is 1. The summed E-state index contributed by atoms with van der Waals surface area (Å²) < 4.78 is 11.8. The highest BCUT2D eigenvalue weighted by Crippen LogP contribution is 2.39. The summed E-state index contributed by atoms with van der Waals surface area (Å²) in [7, 11) is 0. The molecule has 0 saturated carbocycles. The van der Waals surface area contributed by atoms with E-state index in [4.69, 9.17) is 25.9 Å². The third-order valence-corrected chi connectivity index (χ3v) is 6.66. The minimum atomic E-state index is -0.750. The van der Waals surface area contributed by atoms with Crippen molar-refractivity contribution in [2.45, 2.75) is 5.54 Å². The molecule has 0 aliphatic carbocycles. The van der Waals surface area contributed by atoms with E-state index < -0.39 is 5.54 Å². The first kappa shape index (κ1) is 23.9. The van der Waals surface area contributed by atoms with Crippen LogP contribution in [-0.2, 0) is 5.54 Å². The maximum Gasteiger partial charge on any atom is 0.142 e. The fraction of sp³-hybridized carbons (Fsp3) is 0.0312. The van der Waals surface area contributed by atoms with E-state index in [2.05, 4.69) is 12.1 Å². The molecule has 39 heavy (non-hydrogen) atoms. The van der Waals surface area contributed by atoms with Crippen LogP contribution >= 0.6 is 0 Å². The molecule has 0 amide bonds. The predicted octanol–water partition coefficient (Wildman–Crippen LogP) is 5.20. The number of phenolic OH excluding ortho intramolecular Hbond substituents is 2. The maximum absolute atomic E-state index is 9.89. The Bertz CT molecular complexity index is 1670. The van der Waals surface area contributed by atoms with Crippen molar-refractivity contribution in [2.75, 3.05) is 11.5 Å². The number of aromatic hydroxyl groups is 2. The second-order valence-corrected chi connectivity index (χ2v) is 9.28. The van der Waals surface area contributed by atoms with Gasteiger partial charge in [0.2, 0.25) is 0 Å². The number of para-hydroxylation sites is 1. The van der Waals surface area contributed by atoms with Crippen LogP contribution in [-0.4, -0.2) is 10.2 Å². The molecular weight excluding hydrogens is 490 g/mol. The normalized spacial score (nSPS) is 13.1.